The molecule has 0 aromatic carbocycles. The Morgan fingerprint density at radius 1 is 1.38 bits per heavy atom. The van der Waals surface area contributed by atoms with E-state index in [1.54, 1.807) is 0 Å². The Kier molecular flexibility index (Phi) is 4.61. The summed E-state index contributed by atoms with van der Waals surface area (Å²) in [6.07, 6.45) is 9.78. The minimum Gasteiger partial charge on any atom is -0.494 e. The second-order valence-electron chi connectivity index (χ2n) is 3.59. The molecule has 2 heteroatoms. The van der Waals surface area contributed by atoms with Crippen LogP contribution < -0.4 is 0 Å². The van der Waals surface area contributed by atoms with Crippen molar-refractivity contribution in [1.82, 2.24) is 4.90 Å². The van der Waals surface area contributed by atoms with Crippen molar-refractivity contribution in [2.45, 2.75) is 19.3 Å². The molecular weight excluding hydrogens is 162 g/mol. The minimum absolute atomic E-state index is 0.828. The van der Waals surface area contributed by atoms with Crippen LogP contribution in [0.4, 0.5) is 0 Å². The highest BCUT2D eigenvalue weighted by atomic mass is 16.5. The molecule has 0 saturated carbocycles. The fraction of sp³-hybridized carbons (Fsp3) is 0.636. The predicted octanol–water partition coefficient (Wildman–Crippen LogP) is 2.19. The lowest BCUT2D eigenvalue weighted by molar-refractivity contribution is 0.205. The second-order valence-corrected chi connectivity index (χ2v) is 3.59. The van der Waals surface area contributed by atoms with Gasteiger partial charge in [-0.25, -0.2) is 0 Å². The molecule has 0 radical (unpaired) electrons. The van der Waals surface area contributed by atoms with Crippen LogP contribution in [0.25, 0.3) is 0 Å². The third-order valence-corrected chi connectivity index (χ3v) is 1.98. The van der Waals surface area contributed by atoms with Crippen LogP contribution in [-0.2, 0) is 4.74 Å². The number of hydrogen-bond donors (Lipinski definition) is 0. The molecule has 74 valence electrons. The normalized spacial score (nSPS) is 16.1. The Bertz CT molecular complexity index is 194. The Balaban J connectivity index is 2.05. The van der Waals surface area contributed by atoms with Crippen molar-refractivity contribution in [3.63, 3.8) is 0 Å². The lowest BCUT2D eigenvalue weighted by Crippen LogP contribution is -2.14. The van der Waals surface area contributed by atoms with Crippen molar-refractivity contribution in [1.29, 1.82) is 0 Å². The highest BCUT2D eigenvalue weighted by Crippen LogP contribution is 2.10. The quantitative estimate of drug-likeness (QED) is 0.603. The molecule has 1 aliphatic carbocycles. The fourth-order valence-electron chi connectivity index (χ4n) is 1.27. The molecule has 0 N–H and O–H groups in total. The Labute approximate surface area is 80.9 Å². The van der Waals surface area contributed by atoms with Crippen LogP contribution in [0.5, 0.6) is 0 Å². The summed E-state index contributed by atoms with van der Waals surface area (Å²) in [6.45, 7) is 1.92. The van der Waals surface area contributed by atoms with Gasteiger partial charge in [0.05, 0.1) is 6.61 Å². The molecule has 0 fully saturated rings. The minimum atomic E-state index is 0.828. The summed E-state index contributed by atoms with van der Waals surface area (Å²) in [4.78, 5) is 2.18. The monoisotopic (exact) mass is 181 g/mol. The molecule has 1 aliphatic rings. The van der Waals surface area contributed by atoms with E-state index in [9.17, 15) is 0 Å². The molecule has 0 bridgehead atoms. The van der Waals surface area contributed by atoms with Gasteiger partial charge in [0.15, 0.2) is 0 Å². The Hall–Kier alpha value is -0.760. The number of allylic oxidation sites excluding steroid dienone is 3. The van der Waals surface area contributed by atoms with Crippen LogP contribution in [0.1, 0.15) is 19.3 Å². The zero-order valence-electron chi connectivity index (χ0n) is 8.62. The lowest BCUT2D eigenvalue weighted by atomic mass is 10.2. The highest BCUT2D eigenvalue weighted by Gasteiger charge is 1.97. The zero-order chi connectivity index (χ0) is 9.52. The number of nitrogens with zero attached hydrogens (tertiary/aromatic N) is 1. The van der Waals surface area contributed by atoms with Crippen molar-refractivity contribution < 1.29 is 4.74 Å². The Morgan fingerprint density at radius 2 is 2.23 bits per heavy atom. The summed E-state index contributed by atoms with van der Waals surface area (Å²) in [5.41, 5.74) is 0. The van der Waals surface area contributed by atoms with Gasteiger partial charge in [0.25, 0.3) is 0 Å². The molecule has 0 aromatic heterocycles. The second kappa shape index (κ2) is 5.81. The van der Waals surface area contributed by atoms with E-state index in [0.717, 1.165) is 38.2 Å². The van der Waals surface area contributed by atoms with Crippen LogP contribution >= 0.6 is 0 Å². The lowest BCUT2D eigenvalue weighted by Gasteiger charge is -2.12. The third-order valence-electron chi connectivity index (χ3n) is 1.98. The summed E-state index contributed by atoms with van der Waals surface area (Å²) >= 11 is 0. The smallest absolute Gasteiger partial charge is 0.115 e. The first-order valence-electron chi connectivity index (χ1n) is 4.93. The van der Waals surface area contributed by atoms with Gasteiger partial charge < -0.3 is 9.64 Å². The predicted molar refractivity (Wildman–Crippen MR) is 55.6 cm³/mol. The number of ether oxygens (including phenoxy) is 1. The van der Waals surface area contributed by atoms with Gasteiger partial charge in [0.2, 0.25) is 0 Å². The van der Waals surface area contributed by atoms with Crippen LogP contribution in [0.15, 0.2) is 24.0 Å². The third kappa shape index (κ3) is 4.73. The molecular formula is C11H19NO. The average Bonchev–Trinajstić information content (AvgIpc) is 2.14. The molecule has 0 amide bonds. The summed E-state index contributed by atoms with van der Waals surface area (Å²) in [7, 11) is 4.17. The molecule has 0 saturated heterocycles. The van der Waals surface area contributed by atoms with E-state index in [2.05, 4.69) is 37.2 Å². The molecule has 0 heterocycles. The van der Waals surface area contributed by atoms with E-state index in [0.29, 0.717) is 0 Å². The summed E-state index contributed by atoms with van der Waals surface area (Å²) in [5.74, 6) is 1.05. The summed E-state index contributed by atoms with van der Waals surface area (Å²) in [5, 5.41) is 0. The highest BCUT2D eigenvalue weighted by molar-refractivity contribution is 5.15. The fourth-order valence-corrected chi connectivity index (χ4v) is 1.27. The van der Waals surface area contributed by atoms with Gasteiger partial charge in [-0.3, -0.25) is 0 Å². The van der Waals surface area contributed by atoms with Crippen molar-refractivity contribution in [3.8, 4) is 0 Å². The van der Waals surface area contributed by atoms with Crippen molar-refractivity contribution in [2.75, 3.05) is 27.2 Å². The van der Waals surface area contributed by atoms with E-state index in [-0.39, 0.29) is 0 Å². The van der Waals surface area contributed by atoms with Crippen molar-refractivity contribution in [3.05, 3.63) is 24.0 Å². The average molecular weight is 181 g/mol. The first-order valence-corrected chi connectivity index (χ1v) is 4.93. The van der Waals surface area contributed by atoms with Crippen LogP contribution in [0.2, 0.25) is 0 Å². The molecule has 0 atom stereocenters. The topological polar surface area (TPSA) is 12.5 Å². The van der Waals surface area contributed by atoms with Gasteiger partial charge in [-0.1, -0.05) is 6.08 Å². The Morgan fingerprint density at radius 3 is 2.85 bits per heavy atom. The van der Waals surface area contributed by atoms with E-state index in [1.165, 1.54) is 0 Å². The zero-order valence-corrected chi connectivity index (χ0v) is 8.62. The van der Waals surface area contributed by atoms with Gasteiger partial charge in [-0.2, -0.15) is 0 Å². The first kappa shape index (κ1) is 10.3. The maximum absolute atomic E-state index is 5.58. The molecule has 2 nitrogen and oxygen atoms in total. The SMILES string of the molecule is CN(C)CCCOC1=CCCC=C1. The molecule has 13 heavy (non-hydrogen) atoms. The molecule has 0 unspecified atom stereocenters. The number of hydrogen-bond acceptors (Lipinski definition) is 2. The standard InChI is InChI=1S/C11H19NO/c1-12(2)9-6-10-13-11-7-4-3-5-8-11/h4,7-8H,3,5-6,9-10H2,1-2H3. The van der Waals surface area contributed by atoms with E-state index in [1.807, 2.05) is 0 Å². The maximum Gasteiger partial charge on any atom is 0.115 e. The van der Waals surface area contributed by atoms with Crippen molar-refractivity contribution in [2.24, 2.45) is 0 Å². The maximum atomic E-state index is 5.58. The first-order chi connectivity index (χ1) is 6.29. The van der Waals surface area contributed by atoms with Gasteiger partial charge in [0.1, 0.15) is 5.76 Å². The van der Waals surface area contributed by atoms with Crippen LogP contribution in [-0.4, -0.2) is 32.1 Å². The van der Waals surface area contributed by atoms with Gasteiger partial charge in [-0.05, 0) is 45.5 Å². The van der Waals surface area contributed by atoms with Gasteiger partial charge >= 0.3 is 0 Å². The molecule has 1 rings (SSSR count). The van der Waals surface area contributed by atoms with E-state index < -0.39 is 0 Å². The molecule has 0 spiro atoms. The van der Waals surface area contributed by atoms with Crippen LogP contribution in [0.3, 0.4) is 0 Å². The van der Waals surface area contributed by atoms with Gasteiger partial charge in [-0.15, -0.1) is 0 Å². The summed E-state index contributed by atoms with van der Waals surface area (Å²) in [6, 6.07) is 0. The van der Waals surface area contributed by atoms with Crippen molar-refractivity contribution >= 4 is 0 Å². The molecule has 0 aromatic rings. The van der Waals surface area contributed by atoms with Gasteiger partial charge in [0, 0.05) is 6.54 Å². The van der Waals surface area contributed by atoms with E-state index in [4.69, 9.17) is 4.74 Å². The van der Waals surface area contributed by atoms with Crippen LogP contribution in [0, 0.1) is 0 Å². The number of rotatable bonds is 5. The summed E-state index contributed by atoms with van der Waals surface area (Å²) < 4.78 is 5.58. The van der Waals surface area contributed by atoms with E-state index >= 15 is 0 Å². The molecule has 0 aliphatic heterocycles. The largest absolute Gasteiger partial charge is 0.494 e.